The Morgan fingerprint density at radius 1 is 1.14 bits per heavy atom. The third-order valence-electron chi connectivity index (χ3n) is 7.73. The number of anilines is 1. The molecule has 0 aliphatic heterocycles. The summed E-state index contributed by atoms with van der Waals surface area (Å²) in [6.07, 6.45) is 3.67. The Kier molecular flexibility index (Phi) is 5.60. The first-order chi connectivity index (χ1) is 17.5. The van der Waals surface area contributed by atoms with Crippen molar-refractivity contribution >= 4 is 28.9 Å². The van der Waals surface area contributed by atoms with Crippen LogP contribution in [0.4, 0.5) is 5.69 Å². The van der Waals surface area contributed by atoms with E-state index in [4.69, 9.17) is 5.73 Å². The molecule has 37 heavy (non-hydrogen) atoms. The first-order valence-electron chi connectivity index (χ1n) is 11.9. The van der Waals surface area contributed by atoms with E-state index >= 15 is 0 Å². The number of nitrogens with zero attached hydrogens (tertiary/aromatic N) is 2. The number of Topliss-reactive ketones (excluding diaryl/α,β-unsaturated/α-hetero) is 2. The number of fused-ring (bicyclic) bond motifs is 3. The fourth-order valence-electron chi connectivity index (χ4n) is 5.98. The van der Waals surface area contributed by atoms with E-state index in [2.05, 4.69) is 0 Å². The summed E-state index contributed by atoms with van der Waals surface area (Å²) < 4.78 is 1.85. The molecular formula is C27H28N3O7+. The Morgan fingerprint density at radius 3 is 2.43 bits per heavy atom. The Hall–Kier alpha value is -4.18. The van der Waals surface area contributed by atoms with Gasteiger partial charge in [-0.25, -0.2) is 4.57 Å². The molecule has 3 aliphatic rings. The first-order valence-corrected chi connectivity index (χ1v) is 11.9. The van der Waals surface area contributed by atoms with E-state index in [0.29, 0.717) is 17.7 Å². The number of aliphatic hydroxyl groups is 3. The van der Waals surface area contributed by atoms with Crippen LogP contribution in [-0.2, 0) is 27.3 Å². The standard InChI is InChI=1S/C27H27N3O7/c1-29(2)17-10-14(12-30-6-4-3-5-7-30)22(32)20-16(17)9-13-8-15-11-18(31)21(26(28)36)25(35)27(15,37)24(34)19(13)23(20)33/h3-7,10,13,15,37H,8-9,11-12H2,1-2H3,(H4-,28,31,32,33,34,35,36)/p+1/t13-,15+,27+/m1/s1. The molecule has 5 rings (SSSR count). The number of primary amides is 1. The normalized spacial score (nSPS) is 24.9. The van der Waals surface area contributed by atoms with Crippen molar-refractivity contribution in [3.05, 3.63) is 70.3 Å². The van der Waals surface area contributed by atoms with E-state index in [1.165, 1.54) is 0 Å². The summed E-state index contributed by atoms with van der Waals surface area (Å²) in [6.45, 7) is 0.292. The summed E-state index contributed by atoms with van der Waals surface area (Å²) in [7, 11) is 3.67. The van der Waals surface area contributed by atoms with Gasteiger partial charge in [0.25, 0.3) is 5.91 Å². The largest absolute Gasteiger partial charge is 0.508 e. The number of hydrogen-bond acceptors (Lipinski definition) is 8. The molecule has 3 atom stereocenters. The number of phenols is 1. The summed E-state index contributed by atoms with van der Waals surface area (Å²) >= 11 is 0. The number of aromatic hydroxyl groups is 1. The van der Waals surface area contributed by atoms with E-state index in [-0.39, 0.29) is 36.1 Å². The number of aliphatic hydroxyl groups excluding tert-OH is 2. The van der Waals surface area contributed by atoms with Gasteiger partial charge in [0.05, 0.1) is 11.1 Å². The van der Waals surface area contributed by atoms with Crippen molar-refractivity contribution in [2.75, 3.05) is 19.0 Å². The molecule has 0 unspecified atom stereocenters. The van der Waals surface area contributed by atoms with Gasteiger partial charge in [-0.1, -0.05) is 6.07 Å². The molecule has 192 valence electrons. The van der Waals surface area contributed by atoms with Gasteiger partial charge in [0, 0.05) is 49.8 Å². The highest BCUT2D eigenvalue weighted by atomic mass is 16.3. The fourth-order valence-corrected chi connectivity index (χ4v) is 5.98. The maximum atomic E-state index is 13.7. The van der Waals surface area contributed by atoms with E-state index in [9.17, 15) is 34.8 Å². The second-order valence-electron chi connectivity index (χ2n) is 10.1. The van der Waals surface area contributed by atoms with Gasteiger partial charge in [-0.3, -0.25) is 14.4 Å². The number of rotatable bonds is 4. The second-order valence-corrected chi connectivity index (χ2v) is 10.1. The van der Waals surface area contributed by atoms with Crippen LogP contribution in [0, 0.1) is 11.8 Å². The second kappa shape index (κ2) is 8.45. The van der Waals surface area contributed by atoms with Crippen molar-refractivity contribution in [1.82, 2.24) is 0 Å². The summed E-state index contributed by atoms with van der Waals surface area (Å²) in [5, 5.41) is 44.8. The molecule has 1 amide bonds. The third kappa shape index (κ3) is 3.51. The van der Waals surface area contributed by atoms with Crippen molar-refractivity contribution in [3.63, 3.8) is 0 Å². The van der Waals surface area contributed by atoms with Crippen LogP contribution in [0.15, 0.2) is 53.6 Å². The fraction of sp³-hybridized carbons (Fsp3) is 0.333. The Labute approximate surface area is 212 Å². The maximum Gasteiger partial charge on any atom is 0.255 e. The van der Waals surface area contributed by atoms with Crippen LogP contribution < -0.4 is 15.2 Å². The zero-order valence-corrected chi connectivity index (χ0v) is 20.4. The van der Waals surface area contributed by atoms with E-state index in [1.807, 2.05) is 60.2 Å². The summed E-state index contributed by atoms with van der Waals surface area (Å²) in [6, 6.07) is 7.40. The van der Waals surface area contributed by atoms with Crippen LogP contribution in [-0.4, -0.2) is 57.6 Å². The zero-order chi connectivity index (χ0) is 26.8. The number of ketones is 2. The average Bonchev–Trinajstić information content (AvgIpc) is 2.83. The summed E-state index contributed by atoms with van der Waals surface area (Å²) in [5.41, 5.74) is 3.68. The molecule has 1 saturated carbocycles. The molecule has 10 heteroatoms. The molecule has 2 aromatic rings. The third-order valence-corrected chi connectivity index (χ3v) is 7.73. The average molecular weight is 507 g/mol. The van der Waals surface area contributed by atoms with Gasteiger partial charge in [-0.2, -0.15) is 0 Å². The summed E-state index contributed by atoms with van der Waals surface area (Å²) in [5.74, 6) is -6.33. The monoisotopic (exact) mass is 506 g/mol. The van der Waals surface area contributed by atoms with Gasteiger partial charge in [0.2, 0.25) is 5.78 Å². The predicted octanol–water partition coefficient (Wildman–Crippen LogP) is 0.826. The van der Waals surface area contributed by atoms with E-state index in [1.54, 1.807) is 0 Å². The SMILES string of the molecule is CN(C)c1cc(C[n+]2ccccc2)c(O)c2c1C[C@H]1C[C@H]3CC(=O)C(C(N)=O)=C(O)[C@@]3(O)C(=O)C1=C2O. The van der Waals surface area contributed by atoms with Crippen LogP contribution in [0.2, 0.25) is 0 Å². The topological polar surface area (TPSA) is 165 Å². The molecule has 1 aromatic heterocycles. The minimum Gasteiger partial charge on any atom is -0.508 e. The molecule has 0 spiro atoms. The van der Waals surface area contributed by atoms with E-state index < -0.39 is 52.0 Å². The van der Waals surface area contributed by atoms with Gasteiger partial charge in [-0.15, -0.1) is 0 Å². The molecule has 1 aromatic carbocycles. The molecular weight excluding hydrogens is 478 g/mol. The lowest BCUT2D eigenvalue weighted by atomic mass is 9.59. The molecule has 6 N–H and O–H groups in total. The Morgan fingerprint density at radius 2 is 1.81 bits per heavy atom. The van der Waals surface area contributed by atoms with Crippen molar-refractivity contribution in [1.29, 1.82) is 0 Å². The Bertz CT molecular complexity index is 1430. The van der Waals surface area contributed by atoms with Crippen LogP contribution in [0.1, 0.15) is 29.5 Å². The highest BCUT2D eigenvalue weighted by molar-refractivity contribution is 6.22. The van der Waals surface area contributed by atoms with Crippen LogP contribution >= 0.6 is 0 Å². The molecule has 3 aliphatic carbocycles. The van der Waals surface area contributed by atoms with Crippen molar-refractivity contribution in [3.8, 4) is 5.75 Å². The molecule has 0 bridgehead atoms. The van der Waals surface area contributed by atoms with Crippen LogP contribution in [0.25, 0.3) is 5.76 Å². The first kappa shape index (κ1) is 24.5. The molecule has 0 saturated heterocycles. The van der Waals surface area contributed by atoms with Crippen molar-refractivity contribution in [2.45, 2.75) is 31.4 Å². The van der Waals surface area contributed by atoms with Gasteiger partial charge >= 0.3 is 0 Å². The smallest absolute Gasteiger partial charge is 0.255 e. The molecule has 0 radical (unpaired) electrons. The lowest BCUT2D eigenvalue weighted by Gasteiger charge is -2.46. The highest BCUT2D eigenvalue weighted by Gasteiger charge is 2.60. The number of hydrogen-bond donors (Lipinski definition) is 5. The highest BCUT2D eigenvalue weighted by Crippen LogP contribution is 2.53. The number of pyridine rings is 1. The van der Waals surface area contributed by atoms with Gasteiger partial charge in [0.15, 0.2) is 30.3 Å². The van der Waals surface area contributed by atoms with Crippen molar-refractivity contribution < 1.29 is 39.4 Å². The number of nitrogens with two attached hydrogens (primary N) is 1. The Balaban J connectivity index is 1.70. The minimum absolute atomic E-state index is 0.0878. The number of carbonyl (C=O) groups is 3. The van der Waals surface area contributed by atoms with Gasteiger partial charge in [-0.05, 0) is 30.4 Å². The van der Waals surface area contributed by atoms with Gasteiger partial charge < -0.3 is 31.1 Å². The maximum absolute atomic E-state index is 13.7. The minimum atomic E-state index is -2.58. The van der Waals surface area contributed by atoms with Crippen molar-refractivity contribution in [2.24, 2.45) is 17.6 Å². The number of carbonyl (C=O) groups excluding carboxylic acids is 3. The lowest BCUT2D eigenvalue weighted by Crippen LogP contribution is -2.58. The number of phenolic OH excluding ortho intramolecular Hbond substituents is 1. The van der Waals surface area contributed by atoms with Crippen LogP contribution in [0.5, 0.6) is 5.75 Å². The number of benzene rings is 1. The number of aromatic nitrogens is 1. The quantitative estimate of drug-likeness (QED) is 0.300. The van der Waals surface area contributed by atoms with Gasteiger partial charge in [0.1, 0.15) is 22.8 Å². The molecule has 1 heterocycles. The van der Waals surface area contributed by atoms with E-state index in [0.717, 1.165) is 5.69 Å². The zero-order valence-electron chi connectivity index (χ0n) is 20.4. The molecule has 10 nitrogen and oxygen atoms in total. The number of amides is 1. The predicted molar refractivity (Wildman–Crippen MR) is 131 cm³/mol. The molecule has 1 fully saturated rings. The summed E-state index contributed by atoms with van der Waals surface area (Å²) in [4.78, 5) is 39.9. The van der Waals surface area contributed by atoms with Crippen LogP contribution in [0.3, 0.4) is 0 Å². The lowest BCUT2D eigenvalue weighted by molar-refractivity contribution is -0.688.